The van der Waals surface area contributed by atoms with Crippen LogP contribution in [0.5, 0.6) is 0 Å². The van der Waals surface area contributed by atoms with Gasteiger partial charge in [-0.25, -0.2) is 4.98 Å². The summed E-state index contributed by atoms with van der Waals surface area (Å²) in [5.74, 6) is 0.948. The zero-order chi connectivity index (χ0) is 13.1. The number of hydrogen-bond donors (Lipinski definition) is 1. The predicted molar refractivity (Wildman–Crippen MR) is 76.9 cm³/mol. The summed E-state index contributed by atoms with van der Waals surface area (Å²) >= 11 is 6.01. The Morgan fingerprint density at radius 1 is 1.39 bits per heavy atom. The van der Waals surface area contributed by atoms with Crippen LogP contribution in [0.1, 0.15) is 45.0 Å². The number of fused-ring (bicyclic) bond motifs is 1. The van der Waals surface area contributed by atoms with Gasteiger partial charge >= 0.3 is 0 Å². The molecule has 0 spiro atoms. The van der Waals surface area contributed by atoms with Crippen LogP contribution < -0.4 is 5.73 Å². The molecule has 4 heteroatoms. The molecule has 0 amide bonds. The number of halogens is 1. The first-order valence-electron chi connectivity index (χ1n) is 6.54. The fraction of sp³-hybridized carbons (Fsp3) is 0.500. The quantitative estimate of drug-likeness (QED) is 0.834. The molecule has 0 aliphatic heterocycles. The van der Waals surface area contributed by atoms with E-state index in [9.17, 15) is 0 Å². The smallest absolute Gasteiger partial charge is 0.126 e. The molecule has 0 aliphatic rings. The van der Waals surface area contributed by atoms with E-state index in [0.29, 0.717) is 0 Å². The number of imidazole rings is 1. The van der Waals surface area contributed by atoms with Crippen LogP contribution in [0.3, 0.4) is 0 Å². The largest absolute Gasteiger partial charge is 0.327 e. The summed E-state index contributed by atoms with van der Waals surface area (Å²) in [4.78, 5) is 4.61. The van der Waals surface area contributed by atoms with Crippen molar-refractivity contribution in [1.29, 1.82) is 0 Å². The summed E-state index contributed by atoms with van der Waals surface area (Å²) in [5, 5.41) is 0.719. The monoisotopic (exact) mass is 265 g/mol. The Morgan fingerprint density at radius 3 is 2.83 bits per heavy atom. The van der Waals surface area contributed by atoms with Gasteiger partial charge in [-0.1, -0.05) is 31.4 Å². The van der Waals surface area contributed by atoms with Gasteiger partial charge in [-0.15, -0.1) is 0 Å². The Kier molecular flexibility index (Phi) is 4.25. The van der Waals surface area contributed by atoms with Gasteiger partial charge in [0.15, 0.2) is 0 Å². The lowest BCUT2D eigenvalue weighted by atomic mass is 10.2. The lowest BCUT2D eigenvalue weighted by Crippen LogP contribution is -2.13. The topological polar surface area (TPSA) is 43.8 Å². The number of nitrogens with two attached hydrogens (primary N) is 1. The van der Waals surface area contributed by atoms with Gasteiger partial charge in [0.05, 0.1) is 17.1 Å². The first kappa shape index (κ1) is 13.4. The molecule has 2 N–H and O–H groups in total. The Labute approximate surface area is 113 Å². The molecule has 0 saturated heterocycles. The van der Waals surface area contributed by atoms with Crippen molar-refractivity contribution in [3.63, 3.8) is 0 Å². The number of nitrogens with zero attached hydrogens (tertiary/aromatic N) is 2. The molecule has 18 heavy (non-hydrogen) atoms. The number of hydrogen-bond acceptors (Lipinski definition) is 2. The molecule has 3 nitrogen and oxygen atoms in total. The third-order valence-electron chi connectivity index (χ3n) is 3.13. The molecule has 1 atom stereocenters. The van der Waals surface area contributed by atoms with E-state index in [1.807, 2.05) is 25.1 Å². The summed E-state index contributed by atoms with van der Waals surface area (Å²) < 4.78 is 2.23. The SMILES string of the molecule is CCCCCn1c(C(C)N)nc2cc(Cl)ccc21. The molecule has 1 heterocycles. The van der Waals surface area contributed by atoms with Gasteiger partial charge in [-0.3, -0.25) is 0 Å². The molecular formula is C14H20ClN3. The molecular weight excluding hydrogens is 246 g/mol. The average molecular weight is 266 g/mol. The van der Waals surface area contributed by atoms with Crippen molar-refractivity contribution in [1.82, 2.24) is 9.55 Å². The molecule has 0 fully saturated rings. The van der Waals surface area contributed by atoms with Crippen molar-refractivity contribution in [2.75, 3.05) is 0 Å². The van der Waals surface area contributed by atoms with Gasteiger partial charge in [-0.2, -0.15) is 0 Å². The molecule has 0 radical (unpaired) electrons. The summed E-state index contributed by atoms with van der Waals surface area (Å²) in [5.41, 5.74) is 8.07. The van der Waals surface area contributed by atoms with Crippen LogP contribution in [0, 0.1) is 0 Å². The highest BCUT2D eigenvalue weighted by Gasteiger charge is 2.13. The first-order valence-corrected chi connectivity index (χ1v) is 6.92. The number of aromatic nitrogens is 2. The van der Waals surface area contributed by atoms with Crippen molar-refractivity contribution < 1.29 is 0 Å². The summed E-state index contributed by atoms with van der Waals surface area (Å²) in [6, 6.07) is 5.78. The van der Waals surface area contributed by atoms with Crippen LogP contribution in [0.4, 0.5) is 0 Å². The maximum Gasteiger partial charge on any atom is 0.126 e. The number of unbranched alkanes of at least 4 members (excludes halogenated alkanes) is 2. The number of aryl methyl sites for hydroxylation is 1. The van der Waals surface area contributed by atoms with Gasteiger partial charge in [0.1, 0.15) is 5.82 Å². The van der Waals surface area contributed by atoms with Crippen molar-refractivity contribution in [2.45, 2.75) is 45.7 Å². The summed E-state index contributed by atoms with van der Waals surface area (Å²) in [7, 11) is 0. The molecule has 1 aromatic carbocycles. The standard InChI is InChI=1S/C14H20ClN3/c1-3-4-5-8-18-13-7-6-11(15)9-12(13)17-14(18)10(2)16/h6-7,9-10H,3-5,8,16H2,1-2H3. The molecule has 0 aliphatic carbocycles. The molecule has 1 aromatic heterocycles. The predicted octanol–water partition coefficient (Wildman–Crippen LogP) is 3.90. The minimum atomic E-state index is -0.0576. The number of rotatable bonds is 5. The summed E-state index contributed by atoms with van der Waals surface area (Å²) in [6.45, 7) is 5.15. The third-order valence-corrected chi connectivity index (χ3v) is 3.37. The van der Waals surface area contributed by atoms with Crippen molar-refractivity contribution in [2.24, 2.45) is 5.73 Å². The van der Waals surface area contributed by atoms with Gasteiger partial charge in [0.25, 0.3) is 0 Å². The van der Waals surface area contributed by atoms with E-state index in [1.165, 1.54) is 12.8 Å². The lowest BCUT2D eigenvalue weighted by molar-refractivity contribution is 0.570. The van der Waals surface area contributed by atoms with Crippen molar-refractivity contribution >= 4 is 22.6 Å². The zero-order valence-electron chi connectivity index (χ0n) is 11.0. The normalized spacial score (nSPS) is 13.1. The number of benzene rings is 1. The van der Waals surface area contributed by atoms with Gasteiger partial charge in [0.2, 0.25) is 0 Å². The van der Waals surface area contributed by atoms with Crippen LogP contribution in [0.25, 0.3) is 11.0 Å². The maximum atomic E-state index is 6.01. The van der Waals surface area contributed by atoms with Crippen molar-refractivity contribution in [3.05, 3.63) is 29.0 Å². The Hall–Kier alpha value is -1.06. The molecule has 0 bridgehead atoms. The maximum absolute atomic E-state index is 6.01. The second-order valence-corrected chi connectivity index (χ2v) is 5.19. The fourth-order valence-electron chi connectivity index (χ4n) is 2.22. The van der Waals surface area contributed by atoms with Crippen LogP contribution >= 0.6 is 11.6 Å². The molecule has 98 valence electrons. The van der Waals surface area contributed by atoms with E-state index in [1.54, 1.807) is 0 Å². The second-order valence-electron chi connectivity index (χ2n) is 4.75. The van der Waals surface area contributed by atoms with E-state index in [-0.39, 0.29) is 6.04 Å². The van der Waals surface area contributed by atoms with Crippen LogP contribution in [0.2, 0.25) is 5.02 Å². The minimum Gasteiger partial charge on any atom is -0.327 e. The van der Waals surface area contributed by atoms with E-state index >= 15 is 0 Å². The molecule has 2 rings (SSSR count). The lowest BCUT2D eigenvalue weighted by Gasteiger charge is -2.11. The first-order chi connectivity index (χ1) is 8.63. The highest BCUT2D eigenvalue weighted by Crippen LogP contribution is 2.23. The van der Waals surface area contributed by atoms with E-state index in [4.69, 9.17) is 17.3 Å². The fourth-order valence-corrected chi connectivity index (χ4v) is 2.39. The van der Waals surface area contributed by atoms with E-state index < -0.39 is 0 Å². The average Bonchev–Trinajstić information content (AvgIpc) is 2.68. The Morgan fingerprint density at radius 2 is 2.17 bits per heavy atom. The van der Waals surface area contributed by atoms with Crippen LogP contribution in [0.15, 0.2) is 18.2 Å². The molecule has 2 aromatic rings. The molecule has 1 unspecified atom stereocenters. The van der Waals surface area contributed by atoms with Gasteiger partial charge in [-0.05, 0) is 31.5 Å². The van der Waals surface area contributed by atoms with Crippen LogP contribution in [-0.2, 0) is 6.54 Å². The molecule has 0 saturated carbocycles. The minimum absolute atomic E-state index is 0.0576. The second kappa shape index (κ2) is 5.72. The van der Waals surface area contributed by atoms with Crippen LogP contribution in [-0.4, -0.2) is 9.55 Å². The van der Waals surface area contributed by atoms with Crippen molar-refractivity contribution in [3.8, 4) is 0 Å². The Bertz CT molecular complexity index is 531. The Balaban J connectivity index is 2.42. The zero-order valence-corrected chi connectivity index (χ0v) is 11.7. The third kappa shape index (κ3) is 2.68. The highest BCUT2D eigenvalue weighted by molar-refractivity contribution is 6.31. The van der Waals surface area contributed by atoms with Gasteiger partial charge in [0, 0.05) is 11.6 Å². The highest BCUT2D eigenvalue weighted by atomic mass is 35.5. The van der Waals surface area contributed by atoms with E-state index in [2.05, 4.69) is 16.5 Å². The van der Waals surface area contributed by atoms with E-state index in [0.717, 1.165) is 34.8 Å². The summed E-state index contributed by atoms with van der Waals surface area (Å²) in [6.07, 6.45) is 3.60. The van der Waals surface area contributed by atoms with Gasteiger partial charge < -0.3 is 10.3 Å².